The van der Waals surface area contributed by atoms with Gasteiger partial charge in [0.2, 0.25) is 5.95 Å². The highest BCUT2D eigenvalue weighted by molar-refractivity contribution is 6.03. The maximum atomic E-state index is 12.9. The van der Waals surface area contributed by atoms with E-state index in [1.54, 1.807) is 26.4 Å². The number of anilines is 1. The Morgan fingerprint density at radius 2 is 1.71 bits per heavy atom. The lowest BCUT2D eigenvalue weighted by molar-refractivity contribution is 0.0224. The highest BCUT2D eigenvalue weighted by Crippen LogP contribution is 2.44. The van der Waals surface area contributed by atoms with E-state index in [1.807, 2.05) is 19.9 Å². The van der Waals surface area contributed by atoms with Crippen LogP contribution < -0.4 is 19.1 Å². The highest BCUT2D eigenvalue weighted by Gasteiger charge is 2.44. The van der Waals surface area contributed by atoms with Gasteiger partial charge in [0.1, 0.15) is 28.4 Å². The predicted molar refractivity (Wildman–Crippen MR) is 105 cm³/mol. The Morgan fingerprint density at radius 3 is 2.32 bits per heavy atom. The summed E-state index contributed by atoms with van der Waals surface area (Å²) < 4.78 is 17.1. The molecule has 0 atom stereocenters. The zero-order valence-corrected chi connectivity index (χ0v) is 16.7. The van der Waals surface area contributed by atoms with Crippen molar-refractivity contribution in [2.45, 2.75) is 38.7 Å². The molecule has 1 saturated heterocycles. The van der Waals surface area contributed by atoms with Gasteiger partial charge in [0.05, 0.1) is 20.6 Å². The standard InChI is InChI=1S/C21H25N3O4/c1-13-9-14(2)23-20(22-13)24-7-5-21(6-8-24)12-16(25)19-17(27-4)10-15(26-3)11-18(19)28-21/h9-11H,5-8,12H2,1-4H3. The van der Waals surface area contributed by atoms with Crippen LogP contribution in [-0.4, -0.2) is 48.7 Å². The molecule has 3 heterocycles. The van der Waals surface area contributed by atoms with Gasteiger partial charge in [-0.05, 0) is 19.9 Å². The fraction of sp³-hybridized carbons (Fsp3) is 0.476. The third kappa shape index (κ3) is 3.25. The molecule has 7 nitrogen and oxygen atoms in total. The van der Waals surface area contributed by atoms with Gasteiger partial charge in [-0.15, -0.1) is 0 Å². The first-order valence-electron chi connectivity index (χ1n) is 9.48. The highest BCUT2D eigenvalue weighted by atomic mass is 16.5. The molecule has 0 unspecified atom stereocenters. The van der Waals surface area contributed by atoms with E-state index in [0.29, 0.717) is 29.2 Å². The average molecular weight is 383 g/mol. The molecule has 4 rings (SSSR count). The van der Waals surface area contributed by atoms with Crippen LogP contribution in [0.2, 0.25) is 0 Å². The summed E-state index contributed by atoms with van der Waals surface area (Å²) in [6.45, 7) is 5.44. The number of aryl methyl sites for hydroxylation is 2. The summed E-state index contributed by atoms with van der Waals surface area (Å²) in [4.78, 5) is 24.2. The predicted octanol–water partition coefficient (Wildman–Crippen LogP) is 3.12. The summed E-state index contributed by atoms with van der Waals surface area (Å²) in [5, 5.41) is 0. The van der Waals surface area contributed by atoms with Crippen LogP contribution in [0.3, 0.4) is 0 Å². The van der Waals surface area contributed by atoms with Crippen LogP contribution in [0, 0.1) is 13.8 Å². The van der Waals surface area contributed by atoms with Crippen molar-refractivity contribution in [3.8, 4) is 17.2 Å². The smallest absolute Gasteiger partial charge is 0.225 e. The molecule has 2 aliphatic heterocycles. The molecular weight excluding hydrogens is 358 g/mol. The topological polar surface area (TPSA) is 73.8 Å². The van der Waals surface area contributed by atoms with Gasteiger partial charge in [-0.25, -0.2) is 9.97 Å². The van der Waals surface area contributed by atoms with Gasteiger partial charge in [-0.1, -0.05) is 0 Å². The number of Topliss-reactive ketones (excluding diaryl/α,β-unsaturated/α-hetero) is 1. The number of benzene rings is 1. The molecule has 2 aromatic rings. The summed E-state index contributed by atoms with van der Waals surface area (Å²) in [5.74, 6) is 2.45. The van der Waals surface area contributed by atoms with Gasteiger partial charge in [-0.2, -0.15) is 0 Å². The molecule has 0 N–H and O–H groups in total. The minimum atomic E-state index is -0.503. The number of carbonyl (C=O) groups excluding carboxylic acids is 1. The molecule has 0 amide bonds. The first-order valence-corrected chi connectivity index (χ1v) is 9.48. The molecule has 1 aromatic heterocycles. The van der Waals surface area contributed by atoms with Gasteiger partial charge in [0.15, 0.2) is 5.78 Å². The molecule has 2 aliphatic rings. The van der Waals surface area contributed by atoms with E-state index in [9.17, 15) is 4.79 Å². The molecule has 0 saturated carbocycles. The number of fused-ring (bicyclic) bond motifs is 1. The van der Waals surface area contributed by atoms with E-state index >= 15 is 0 Å². The molecule has 1 spiro atoms. The molecule has 148 valence electrons. The van der Waals surface area contributed by atoms with Crippen molar-refractivity contribution in [1.29, 1.82) is 0 Å². The van der Waals surface area contributed by atoms with Crippen molar-refractivity contribution in [1.82, 2.24) is 9.97 Å². The van der Waals surface area contributed by atoms with Crippen molar-refractivity contribution in [3.63, 3.8) is 0 Å². The molecular formula is C21H25N3O4. The second-order valence-electron chi connectivity index (χ2n) is 7.53. The second-order valence-corrected chi connectivity index (χ2v) is 7.53. The first kappa shape index (κ1) is 18.5. The van der Waals surface area contributed by atoms with Crippen molar-refractivity contribution in [3.05, 3.63) is 35.2 Å². The fourth-order valence-corrected chi connectivity index (χ4v) is 4.09. The number of methoxy groups -OCH3 is 2. The minimum absolute atomic E-state index is 0.0526. The lowest BCUT2D eigenvalue weighted by atomic mass is 9.82. The SMILES string of the molecule is COc1cc(OC)c2c(c1)OC1(CCN(c3nc(C)cc(C)n3)CC1)CC2=O. The van der Waals surface area contributed by atoms with Crippen LogP contribution in [0.1, 0.15) is 41.0 Å². The number of piperidine rings is 1. The molecule has 1 aromatic carbocycles. The van der Waals surface area contributed by atoms with E-state index in [1.165, 1.54) is 0 Å². The zero-order valence-electron chi connectivity index (χ0n) is 16.7. The lowest BCUT2D eigenvalue weighted by Gasteiger charge is -2.44. The van der Waals surface area contributed by atoms with Gasteiger partial charge in [-0.3, -0.25) is 4.79 Å². The van der Waals surface area contributed by atoms with Gasteiger partial charge in [0, 0.05) is 49.5 Å². The Bertz CT molecular complexity index is 900. The number of aromatic nitrogens is 2. The van der Waals surface area contributed by atoms with E-state index in [2.05, 4.69) is 14.9 Å². The largest absolute Gasteiger partial charge is 0.496 e. The van der Waals surface area contributed by atoms with Crippen LogP contribution >= 0.6 is 0 Å². The summed E-state index contributed by atoms with van der Waals surface area (Å²) in [6, 6.07) is 5.46. The fourth-order valence-electron chi connectivity index (χ4n) is 4.09. The summed E-state index contributed by atoms with van der Waals surface area (Å²) in [6.07, 6.45) is 1.81. The van der Waals surface area contributed by atoms with Crippen LogP contribution in [0.15, 0.2) is 18.2 Å². The number of carbonyl (C=O) groups is 1. The summed E-state index contributed by atoms with van der Waals surface area (Å²) in [5.41, 5.74) is 1.92. The lowest BCUT2D eigenvalue weighted by Crippen LogP contribution is -2.51. The third-order valence-corrected chi connectivity index (χ3v) is 5.51. The Morgan fingerprint density at radius 1 is 1.04 bits per heavy atom. The number of rotatable bonds is 3. The molecule has 1 fully saturated rings. The quantitative estimate of drug-likeness (QED) is 0.806. The molecule has 0 aliphatic carbocycles. The van der Waals surface area contributed by atoms with E-state index < -0.39 is 5.60 Å². The van der Waals surface area contributed by atoms with E-state index in [-0.39, 0.29) is 5.78 Å². The first-order chi connectivity index (χ1) is 13.4. The van der Waals surface area contributed by atoms with Crippen molar-refractivity contribution in [2.24, 2.45) is 0 Å². The number of hydrogen-bond donors (Lipinski definition) is 0. The van der Waals surface area contributed by atoms with Crippen LogP contribution in [0.25, 0.3) is 0 Å². The zero-order chi connectivity index (χ0) is 19.9. The van der Waals surface area contributed by atoms with Gasteiger partial charge >= 0.3 is 0 Å². The summed E-state index contributed by atoms with van der Waals surface area (Å²) >= 11 is 0. The van der Waals surface area contributed by atoms with Gasteiger partial charge in [0.25, 0.3) is 0 Å². The Kier molecular flexibility index (Phi) is 4.61. The maximum absolute atomic E-state index is 12.9. The molecule has 0 radical (unpaired) electrons. The third-order valence-electron chi connectivity index (χ3n) is 5.51. The molecule has 28 heavy (non-hydrogen) atoms. The average Bonchev–Trinajstić information content (AvgIpc) is 2.66. The normalized spacial score (nSPS) is 17.9. The van der Waals surface area contributed by atoms with Gasteiger partial charge < -0.3 is 19.1 Å². The molecule has 7 heteroatoms. The monoisotopic (exact) mass is 383 g/mol. The van der Waals surface area contributed by atoms with Crippen molar-refractivity contribution < 1.29 is 19.0 Å². The number of ketones is 1. The van der Waals surface area contributed by atoms with E-state index in [0.717, 1.165) is 43.3 Å². The maximum Gasteiger partial charge on any atom is 0.225 e. The second kappa shape index (κ2) is 6.96. The van der Waals surface area contributed by atoms with Crippen LogP contribution in [0.4, 0.5) is 5.95 Å². The Hall–Kier alpha value is -2.83. The minimum Gasteiger partial charge on any atom is -0.496 e. The Labute approximate surface area is 164 Å². The number of hydrogen-bond acceptors (Lipinski definition) is 7. The Balaban J connectivity index is 1.58. The number of ether oxygens (including phenoxy) is 3. The summed E-state index contributed by atoms with van der Waals surface area (Å²) in [7, 11) is 3.14. The number of nitrogens with zero attached hydrogens (tertiary/aromatic N) is 3. The van der Waals surface area contributed by atoms with Crippen LogP contribution in [0.5, 0.6) is 17.2 Å². The van der Waals surface area contributed by atoms with Crippen LogP contribution in [-0.2, 0) is 0 Å². The van der Waals surface area contributed by atoms with E-state index in [4.69, 9.17) is 14.2 Å². The molecule has 0 bridgehead atoms. The van der Waals surface area contributed by atoms with Crippen molar-refractivity contribution >= 4 is 11.7 Å². The van der Waals surface area contributed by atoms with Crippen molar-refractivity contribution in [2.75, 3.05) is 32.2 Å².